The van der Waals surface area contributed by atoms with Crippen LogP contribution in [0.3, 0.4) is 0 Å². The van der Waals surface area contributed by atoms with E-state index in [9.17, 15) is 12.8 Å². The lowest BCUT2D eigenvalue weighted by Gasteiger charge is -2.11. The van der Waals surface area contributed by atoms with E-state index in [1.165, 1.54) is 24.7 Å². The highest BCUT2D eigenvalue weighted by Crippen LogP contribution is 2.31. The predicted molar refractivity (Wildman–Crippen MR) is 154 cm³/mol. The number of nitrogens with zero attached hydrogens (tertiary/aromatic N) is 4. The van der Waals surface area contributed by atoms with Crippen LogP contribution in [0.1, 0.15) is 11.1 Å². The molecule has 0 aliphatic carbocycles. The van der Waals surface area contributed by atoms with Crippen LogP contribution in [0.5, 0.6) is 5.75 Å². The fraction of sp³-hybridized carbons (Fsp3) is 0.179. The second kappa shape index (κ2) is 12.0. The summed E-state index contributed by atoms with van der Waals surface area (Å²) in [7, 11) is -2.99. The third-order valence-corrected chi connectivity index (χ3v) is 7.20. The van der Waals surface area contributed by atoms with Gasteiger partial charge in [-0.25, -0.2) is 27.5 Å². The van der Waals surface area contributed by atoms with Crippen molar-refractivity contribution in [2.45, 2.75) is 13.2 Å². The number of benzene rings is 3. The van der Waals surface area contributed by atoms with Crippen molar-refractivity contribution in [2.75, 3.05) is 23.9 Å². The molecule has 2 aromatic heterocycles. The van der Waals surface area contributed by atoms with Crippen LogP contribution in [0.15, 0.2) is 79.3 Å². The number of aromatic nitrogens is 4. The van der Waals surface area contributed by atoms with Crippen LogP contribution in [0.4, 0.5) is 15.9 Å². The molecule has 3 aromatic carbocycles. The second-order valence-corrected chi connectivity index (χ2v) is 11.9. The summed E-state index contributed by atoms with van der Waals surface area (Å²) in [5, 5.41) is 11.4. The van der Waals surface area contributed by atoms with Crippen molar-refractivity contribution < 1.29 is 17.5 Å². The average molecular weight is 581 g/mol. The van der Waals surface area contributed by atoms with Gasteiger partial charge >= 0.3 is 0 Å². The van der Waals surface area contributed by atoms with Gasteiger partial charge < -0.3 is 15.4 Å². The Morgan fingerprint density at radius 3 is 2.60 bits per heavy atom. The normalized spacial score (nSPS) is 11.6. The SMILES string of the molecule is CS(=O)(=O)CCNCc1ccc(-n2cc3ncnc(Nc4ccc(OCc5cccc(F)c5)c(Cl)c4)c3n2)cc1. The maximum Gasteiger partial charge on any atom is 0.162 e. The molecule has 0 aliphatic rings. The summed E-state index contributed by atoms with van der Waals surface area (Å²) < 4.78 is 43.4. The first-order valence-electron chi connectivity index (χ1n) is 12.4. The summed E-state index contributed by atoms with van der Waals surface area (Å²) in [4.78, 5) is 8.70. The average Bonchev–Trinajstić information content (AvgIpc) is 3.36. The van der Waals surface area contributed by atoms with Gasteiger partial charge in [0.2, 0.25) is 0 Å². The summed E-state index contributed by atoms with van der Waals surface area (Å²) >= 11 is 6.45. The van der Waals surface area contributed by atoms with Crippen molar-refractivity contribution in [3.05, 3.63) is 101 Å². The van der Waals surface area contributed by atoms with Crippen molar-refractivity contribution in [1.82, 2.24) is 25.1 Å². The highest BCUT2D eigenvalue weighted by atomic mass is 35.5. The van der Waals surface area contributed by atoms with Gasteiger partial charge in [0.15, 0.2) is 11.3 Å². The Balaban J connectivity index is 1.26. The zero-order chi connectivity index (χ0) is 28.1. The number of hydrogen-bond donors (Lipinski definition) is 2. The van der Waals surface area contributed by atoms with Gasteiger partial charge in [0.1, 0.15) is 39.9 Å². The first kappa shape index (κ1) is 27.5. The Morgan fingerprint density at radius 2 is 1.85 bits per heavy atom. The van der Waals surface area contributed by atoms with Crippen LogP contribution >= 0.6 is 11.6 Å². The molecule has 0 fully saturated rings. The molecule has 0 spiro atoms. The van der Waals surface area contributed by atoms with E-state index >= 15 is 0 Å². The first-order valence-corrected chi connectivity index (χ1v) is 14.8. The van der Waals surface area contributed by atoms with Crippen LogP contribution in [0.25, 0.3) is 16.7 Å². The molecule has 0 atom stereocenters. The third-order valence-electron chi connectivity index (χ3n) is 5.96. The molecule has 0 amide bonds. The van der Waals surface area contributed by atoms with Gasteiger partial charge in [-0.3, -0.25) is 0 Å². The smallest absolute Gasteiger partial charge is 0.162 e. The van der Waals surface area contributed by atoms with Gasteiger partial charge in [0.05, 0.1) is 22.7 Å². The molecule has 0 saturated carbocycles. The van der Waals surface area contributed by atoms with E-state index in [4.69, 9.17) is 16.3 Å². The number of hydrogen-bond acceptors (Lipinski definition) is 8. The molecule has 5 rings (SSSR count). The summed E-state index contributed by atoms with van der Waals surface area (Å²) in [6.07, 6.45) is 4.50. The van der Waals surface area contributed by atoms with Gasteiger partial charge in [-0.1, -0.05) is 35.9 Å². The van der Waals surface area contributed by atoms with Gasteiger partial charge in [-0.2, -0.15) is 5.10 Å². The lowest BCUT2D eigenvalue weighted by molar-refractivity contribution is 0.306. The number of fused-ring (bicyclic) bond motifs is 1. The van der Waals surface area contributed by atoms with E-state index in [1.54, 1.807) is 35.0 Å². The Hall–Kier alpha value is -4.06. The van der Waals surface area contributed by atoms with Crippen LogP contribution in [-0.4, -0.2) is 46.7 Å². The molecule has 0 saturated heterocycles. The second-order valence-electron chi connectivity index (χ2n) is 9.19. The maximum absolute atomic E-state index is 13.4. The number of rotatable bonds is 11. The van der Waals surface area contributed by atoms with Crippen molar-refractivity contribution >= 4 is 44.0 Å². The number of nitrogens with one attached hydrogen (secondary N) is 2. The number of halogens is 2. The number of ether oxygens (including phenoxy) is 1. The molecule has 0 unspecified atom stereocenters. The standard InChI is InChI=1S/C28H26ClFN6O3S/c1-40(37,38)12-11-31-15-19-5-8-23(9-6-19)36-16-25-27(35-36)28(33-18-32-25)34-22-7-10-26(24(29)14-22)39-17-20-3-2-4-21(30)13-20/h2-10,13-14,16,18,31H,11-12,15,17H2,1H3,(H,32,33,34). The largest absolute Gasteiger partial charge is 0.487 e. The molecular weight excluding hydrogens is 555 g/mol. The fourth-order valence-electron chi connectivity index (χ4n) is 3.94. The van der Waals surface area contributed by atoms with Gasteiger partial charge in [-0.05, 0) is 53.6 Å². The maximum atomic E-state index is 13.4. The van der Waals surface area contributed by atoms with Crippen molar-refractivity contribution in [3.8, 4) is 11.4 Å². The highest BCUT2D eigenvalue weighted by molar-refractivity contribution is 7.90. The molecule has 40 heavy (non-hydrogen) atoms. The minimum atomic E-state index is -2.99. The van der Waals surface area contributed by atoms with Crippen molar-refractivity contribution in [2.24, 2.45) is 0 Å². The summed E-state index contributed by atoms with van der Waals surface area (Å²) in [6, 6.07) is 19.3. The molecule has 2 heterocycles. The molecule has 12 heteroatoms. The molecule has 0 radical (unpaired) electrons. The van der Waals surface area contributed by atoms with E-state index < -0.39 is 9.84 Å². The van der Waals surface area contributed by atoms with E-state index in [1.807, 2.05) is 30.5 Å². The zero-order valence-corrected chi connectivity index (χ0v) is 23.1. The number of sulfone groups is 1. The topological polar surface area (TPSA) is 111 Å². The monoisotopic (exact) mass is 580 g/mol. The van der Waals surface area contributed by atoms with Gasteiger partial charge in [0.25, 0.3) is 0 Å². The third kappa shape index (κ3) is 7.12. The van der Waals surface area contributed by atoms with Crippen molar-refractivity contribution in [3.63, 3.8) is 0 Å². The Morgan fingerprint density at radius 1 is 1.02 bits per heavy atom. The quantitative estimate of drug-likeness (QED) is 0.208. The lowest BCUT2D eigenvalue weighted by atomic mass is 10.2. The summed E-state index contributed by atoms with van der Waals surface area (Å²) in [6.45, 7) is 1.15. The predicted octanol–water partition coefficient (Wildman–Crippen LogP) is 5.06. The van der Waals surface area contributed by atoms with E-state index in [2.05, 4.69) is 25.7 Å². The van der Waals surface area contributed by atoms with Crippen LogP contribution in [-0.2, 0) is 23.0 Å². The van der Waals surface area contributed by atoms with E-state index in [-0.39, 0.29) is 18.2 Å². The van der Waals surface area contributed by atoms with Gasteiger partial charge in [0, 0.05) is 25.0 Å². The molecule has 0 bridgehead atoms. The molecule has 0 aliphatic heterocycles. The fourth-order valence-corrected chi connectivity index (χ4v) is 4.69. The molecule has 9 nitrogen and oxygen atoms in total. The Bertz CT molecular complexity index is 1750. The minimum absolute atomic E-state index is 0.100. The number of anilines is 2. The van der Waals surface area contributed by atoms with Gasteiger partial charge in [-0.15, -0.1) is 0 Å². The summed E-state index contributed by atoms with van der Waals surface area (Å²) in [5.41, 5.74) is 4.49. The molecule has 2 N–H and O–H groups in total. The van der Waals surface area contributed by atoms with Crippen LogP contribution < -0.4 is 15.4 Å². The van der Waals surface area contributed by atoms with Crippen molar-refractivity contribution in [1.29, 1.82) is 0 Å². The van der Waals surface area contributed by atoms with E-state index in [0.717, 1.165) is 11.3 Å². The Kier molecular flexibility index (Phi) is 8.24. The van der Waals surface area contributed by atoms with Crippen LogP contribution in [0, 0.1) is 5.82 Å². The highest BCUT2D eigenvalue weighted by Gasteiger charge is 2.12. The van der Waals surface area contributed by atoms with Crippen LogP contribution in [0.2, 0.25) is 5.02 Å². The molecular formula is C28H26ClFN6O3S. The molecule has 206 valence electrons. The summed E-state index contributed by atoms with van der Waals surface area (Å²) in [5.74, 6) is 0.768. The van der Waals surface area contributed by atoms with E-state index in [0.29, 0.717) is 52.0 Å². The minimum Gasteiger partial charge on any atom is -0.487 e. The first-order chi connectivity index (χ1) is 19.2. The Labute approximate surface area is 235 Å². The molecule has 5 aromatic rings. The lowest BCUT2D eigenvalue weighted by Crippen LogP contribution is -2.21. The zero-order valence-electron chi connectivity index (χ0n) is 21.5.